The van der Waals surface area contributed by atoms with Gasteiger partial charge in [0.25, 0.3) is 0 Å². The van der Waals surface area contributed by atoms with Gasteiger partial charge in [0.1, 0.15) is 0 Å². The lowest BCUT2D eigenvalue weighted by Crippen LogP contribution is -2.17. The van der Waals surface area contributed by atoms with Gasteiger partial charge >= 0.3 is 0 Å². The van der Waals surface area contributed by atoms with E-state index in [0.717, 1.165) is 6.54 Å². The van der Waals surface area contributed by atoms with Crippen LogP contribution < -0.4 is 0 Å². The lowest BCUT2D eigenvalue weighted by atomic mass is 9.97. The molecule has 3 nitrogen and oxygen atoms in total. The maximum Gasteiger partial charge on any atom is 0.0693 e. The van der Waals surface area contributed by atoms with Gasteiger partial charge in [0.2, 0.25) is 0 Å². The van der Waals surface area contributed by atoms with Crippen LogP contribution in [0, 0.1) is 5.41 Å². The van der Waals surface area contributed by atoms with E-state index in [1.807, 2.05) is 0 Å². The second-order valence-electron chi connectivity index (χ2n) is 3.62. The molecule has 1 aromatic heterocycles. The van der Waals surface area contributed by atoms with Crippen molar-refractivity contribution in [2.24, 2.45) is 5.41 Å². The summed E-state index contributed by atoms with van der Waals surface area (Å²) in [5, 5.41) is 8.01. The highest BCUT2D eigenvalue weighted by Crippen LogP contribution is 2.13. The lowest BCUT2D eigenvalue weighted by molar-refractivity contribution is 0.303. The van der Waals surface area contributed by atoms with Crippen LogP contribution in [-0.4, -0.2) is 15.0 Å². The van der Waals surface area contributed by atoms with Gasteiger partial charge in [0.05, 0.1) is 18.9 Å². The Morgan fingerprint density at radius 1 is 1.20 bits per heavy atom. The zero-order valence-corrected chi connectivity index (χ0v) is 6.70. The molecule has 10 heavy (non-hydrogen) atoms. The van der Waals surface area contributed by atoms with Gasteiger partial charge in [0, 0.05) is 0 Å². The van der Waals surface area contributed by atoms with Crippen LogP contribution in [0.3, 0.4) is 0 Å². The Morgan fingerprint density at radius 2 is 1.70 bits per heavy atom. The molecule has 3 heteroatoms. The lowest BCUT2D eigenvalue weighted by Gasteiger charge is -2.16. The fourth-order valence-corrected chi connectivity index (χ4v) is 0.749. The molecule has 0 aliphatic carbocycles. The van der Waals surface area contributed by atoms with Crippen molar-refractivity contribution in [1.29, 1.82) is 0 Å². The average Bonchev–Trinajstić information content (AvgIpc) is 2.12. The van der Waals surface area contributed by atoms with Crippen LogP contribution in [0.2, 0.25) is 0 Å². The minimum atomic E-state index is 0.263. The van der Waals surface area contributed by atoms with Gasteiger partial charge in [0.15, 0.2) is 0 Å². The summed E-state index contributed by atoms with van der Waals surface area (Å²) in [5.41, 5.74) is 0.263. The SMILES string of the molecule is CC(C)(C)Cn1nccn1. The topological polar surface area (TPSA) is 30.7 Å². The van der Waals surface area contributed by atoms with Gasteiger partial charge < -0.3 is 0 Å². The van der Waals surface area contributed by atoms with Crippen LogP contribution in [0.5, 0.6) is 0 Å². The molecule has 56 valence electrons. The first-order chi connectivity index (χ1) is 4.58. The summed E-state index contributed by atoms with van der Waals surface area (Å²) in [5.74, 6) is 0. The van der Waals surface area contributed by atoms with Gasteiger partial charge in [-0.2, -0.15) is 15.0 Å². The second kappa shape index (κ2) is 2.40. The van der Waals surface area contributed by atoms with Crippen molar-refractivity contribution in [3.8, 4) is 0 Å². The molecule has 0 aromatic carbocycles. The number of rotatable bonds is 1. The molecule has 0 atom stereocenters. The molecule has 0 aliphatic rings. The van der Waals surface area contributed by atoms with Crippen molar-refractivity contribution >= 4 is 0 Å². The third kappa shape index (κ3) is 2.17. The number of nitrogens with zero attached hydrogens (tertiary/aromatic N) is 3. The molecule has 0 saturated carbocycles. The minimum Gasteiger partial charge on any atom is -0.184 e. The van der Waals surface area contributed by atoms with Gasteiger partial charge in [-0.1, -0.05) is 20.8 Å². The minimum absolute atomic E-state index is 0.263. The number of hydrogen-bond acceptors (Lipinski definition) is 2. The first-order valence-electron chi connectivity index (χ1n) is 3.42. The van der Waals surface area contributed by atoms with Gasteiger partial charge in [-0.15, -0.1) is 0 Å². The highest BCUT2D eigenvalue weighted by Gasteiger charge is 2.11. The molecule has 0 fully saturated rings. The standard InChI is InChI=1S/C7H13N3/c1-7(2,3)6-10-8-4-5-9-10/h4-5H,6H2,1-3H3. The van der Waals surface area contributed by atoms with E-state index in [1.165, 1.54) is 0 Å². The molecule has 0 unspecified atom stereocenters. The van der Waals surface area contributed by atoms with Crippen LogP contribution in [0.15, 0.2) is 12.4 Å². The number of hydrogen-bond donors (Lipinski definition) is 0. The second-order valence-corrected chi connectivity index (χ2v) is 3.62. The monoisotopic (exact) mass is 139 g/mol. The molecule has 0 radical (unpaired) electrons. The fourth-order valence-electron chi connectivity index (χ4n) is 0.749. The number of aromatic nitrogens is 3. The predicted octanol–water partition coefficient (Wildman–Crippen LogP) is 1.32. The van der Waals surface area contributed by atoms with E-state index < -0.39 is 0 Å². The molecular weight excluding hydrogens is 126 g/mol. The molecule has 0 spiro atoms. The third-order valence-electron chi connectivity index (χ3n) is 1.08. The Hall–Kier alpha value is -0.860. The zero-order valence-electron chi connectivity index (χ0n) is 6.70. The summed E-state index contributed by atoms with van der Waals surface area (Å²) in [6.07, 6.45) is 3.40. The maximum absolute atomic E-state index is 4.01. The largest absolute Gasteiger partial charge is 0.184 e. The van der Waals surface area contributed by atoms with Crippen LogP contribution in [0.4, 0.5) is 0 Å². The highest BCUT2D eigenvalue weighted by atomic mass is 15.5. The molecule has 1 rings (SSSR count). The van der Waals surface area contributed by atoms with E-state index in [1.54, 1.807) is 17.2 Å². The summed E-state index contributed by atoms with van der Waals surface area (Å²) in [6, 6.07) is 0. The Kier molecular flexibility index (Phi) is 1.74. The molecular formula is C7H13N3. The Labute approximate surface area is 61.1 Å². The Morgan fingerprint density at radius 3 is 2.10 bits per heavy atom. The van der Waals surface area contributed by atoms with Crippen molar-refractivity contribution in [2.75, 3.05) is 0 Å². The maximum atomic E-state index is 4.01. The quantitative estimate of drug-likeness (QED) is 0.587. The zero-order chi connectivity index (χ0) is 7.61. The van der Waals surface area contributed by atoms with Crippen molar-refractivity contribution in [2.45, 2.75) is 27.3 Å². The van der Waals surface area contributed by atoms with Gasteiger partial charge in [-0.05, 0) is 5.41 Å². The Bertz CT molecular complexity index is 183. The fraction of sp³-hybridized carbons (Fsp3) is 0.714. The van der Waals surface area contributed by atoms with Crippen molar-refractivity contribution in [1.82, 2.24) is 15.0 Å². The summed E-state index contributed by atoms with van der Waals surface area (Å²) in [6.45, 7) is 7.36. The van der Waals surface area contributed by atoms with E-state index in [0.29, 0.717) is 0 Å². The van der Waals surface area contributed by atoms with Crippen LogP contribution >= 0.6 is 0 Å². The average molecular weight is 139 g/mol. The molecule has 1 aromatic rings. The highest BCUT2D eigenvalue weighted by molar-refractivity contribution is 4.64. The van der Waals surface area contributed by atoms with Crippen molar-refractivity contribution < 1.29 is 0 Å². The normalized spacial score (nSPS) is 11.9. The Balaban J connectivity index is 2.57. The van der Waals surface area contributed by atoms with Crippen LogP contribution in [0.25, 0.3) is 0 Å². The molecule has 1 heterocycles. The summed E-state index contributed by atoms with van der Waals surface area (Å²) < 4.78 is 0. The third-order valence-corrected chi connectivity index (χ3v) is 1.08. The first kappa shape index (κ1) is 7.25. The van der Waals surface area contributed by atoms with E-state index in [4.69, 9.17) is 0 Å². The molecule has 0 bridgehead atoms. The van der Waals surface area contributed by atoms with Crippen LogP contribution in [0.1, 0.15) is 20.8 Å². The molecule has 0 N–H and O–H groups in total. The van der Waals surface area contributed by atoms with E-state index >= 15 is 0 Å². The molecule has 0 amide bonds. The molecule has 0 aliphatic heterocycles. The van der Waals surface area contributed by atoms with Crippen LogP contribution in [-0.2, 0) is 6.54 Å². The smallest absolute Gasteiger partial charge is 0.0693 e. The van der Waals surface area contributed by atoms with E-state index in [-0.39, 0.29) is 5.41 Å². The summed E-state index contributed by atoms with van der Waals surface area (Å²) in [7, 11) is 0. The van der Waals surface area contributed by atoms with E-state index in [2.05, 4.69) is 31.0 Å². The van der Waals surface area contributed by atoms with E-state index in [9.17, 15) is 0 Å². The molecule has 0 saturated heterocycles. The first-order valence-corrected chi connectivity index (χ1v) is 3.42. The van der Waals surface area contributed by atoms with Crippen molar-refractivity contribution in [3.63, 3.8) is 0 Å². The van der Waals surface area contributed by atoms with Crippen molar-refractivity contribution in [3.05, 3.63) is 12.4 Å². The van der Waals surface area contributed by atoms with Gasteiger partial charge in [-0.25, -0.2) is 0 Å². The summed E-state index contributed by atoms with van der Waals surface area (Å²) >= 11 is 0. The summed E-state index contributed by atoms with van der Waals surface area (Å²) in [4.78, 5) is 1.71. The predicted molar refractivity (Wildman–Crippen MR) is 39.5 cm³/mol. The van der Waals surface area contributed by atoms with Gasteiger partial charge in [-0.3, -0.25) is 0 Å².